The number of pyridine rings is 1. The Balaban J connectivity index is 1.89. The number of fused-ring (bicyclic) bond motifs is 1. The van der Waals surface area contributed by atoms with Crippen LogP contribution in [0.4, 0.5) is 5.82 Å². The number of benzene rings is 1. The van der Waals surface area contributed by atoms with Crippen molar-refractivity contribution in [2.75, 3.05) is 5.32 Å². The van der Waals surface area contributed by atoms with E-state index < -0.39 is 0 Å². The number of anilines is 1. The summed E-state index contributed by atoms with van der Waals surface area (Å²) in [6.07, 6.45) is 2.70. The Labute approximate surface area is 106 Å². The summed E-state index contributed by atoms with van der Waals surface area (Å²) in [5.41, 5.74) is 2.62. The molecule has 17 heavy (non-hydrogen) atoms. The molecular weight excluding hydrogens is 232 g/mol. The number of halogens is 1. The van der Waals surface area contributed by atoms with Crippen LogP contribution >= 0.6 is 11.6 Å². The molecule has 0 radical (unpaired) electrons. The molecule has 0 amide bonds. The first-order valence-electron chi connectivity index (χ1n) is 5.74. The molecule has 1 heterocycles. The van der Waals surface area contributed by atoms with Crippen LogP contribution in [0.1, 0.15) is 17.2 Å². The fourth-order valence-electron chi connectivity index (χ4n) is 2.32. The molecule has 0 aliphatic heterocycles. The van der Waals surface area contributed by atoms with Gasteiger partial charge < -0.3 is 5.32 Å². The van der Waals surface area contributed by atoms with Crippen LogP contribution in [0.25, 0.3) is 0 Å². The van der Waals surface area contributed by atoms with Crippen LogP contribution in [0, 0.1) is 0 Å². The van der Waals surface area contributed by atoms with Crippen molar-refractivity contribution in [1.82, 2.24) is 4.98 Å². The van der Waals surface area contributed by atoms with Crippen molar-refractivity contribution in [3.05, 3.63) is 59.8 Å². The molecule has 0 bridgehead atoms. The largest absolute Gasteiger partial charge is 0.362 e. The topological polar surface area (TPSA) is 24.9 Å². The molecule has 2 nitrogen and oxygen atoms in total. The number of rotatable bonds is 2. The average molecular weight is 245 g/mol. The Morgan fingerprint density at radius 2 is 1.94 bits per heavy atom. The molecule has 1 N–H and O–H groups in total. The van der Waals surface area contributed by atoms with E-state index in [2.05, 4.69) is 34.6 Å². The van der Waals surface area contributed by atoms with Crippen LogP contribution in [0.2, 0.25) is 0 Å². The highest BCUT2D eigenvalue weighted by Crippen LogP contribution is 2.36. The zero-order valence-corrected chi connectivity index (χ0v) is 10.1. The molecule has 0 fully saturated rings. The maximum absolute atomic E-state index is 6.40. The standard InChI is InChI=1S/C14H13ClN2/c15-12-9-10-5-1-2-6-11(10)14(12)17-13-7-3-4-8-16-13/h1-8,12,14H,9H2,(H,16,17). The van der Waals surface area contributed by atoms with Crippen LogP contribution in [0.15, 0.2) is 48.7 Å². The maximum Gasteiger partial charge on any atom is 0.126 e. The van der Waals surface area contributed by atoms with E-state index in [1.807, 2.05) is 18.2 Å². The summed E-state index contributed by atoms with van der Waals surface area (Å²) < 4.78 is 0. The highest BCUT2D eigenvalue weighted by molar-refractivity contribution is 6.21. The minimum atomic E-state index is 0.0920. The Kier molecular flexibility index (Phi) is 2.73. The third-order valence-electron chi connectivity index (χ3n) is 3.14. The Morgan fingerprint density at radius 1 is 1.12 bits per heavy atom. The van der Waals surface area contributed by atoms with Gasteiger partial charge in [0.05, 0.1) is 11.4 Å². The van der Waals surface area contributed by atoms with E-state index in [0.29, 0.717) is 0 Å². The monoisotopic (exact) mass is 244 g/mol. The van der Waals surface area contributed by atoms with E-state index in [4.69, 9.17) is 11.6 Å². The summed E-state index contributed by atoms with van der Waals surface area (Å²) in [5.74, 6) is 0.875. The predicted molar refractivity (Wildman–Crippen MR) is 70.4 cm³/mol. The van der Waals surface area contributed by atoms with E-state index in [1.165, 1.54) is 11.1 Å². The molecule has 2 unspecified atom stereocenters. The normalized spacial score (nSPS) is 22.2. The molecular formula is C14H13ClN2. The third-order valence-corrected chi connectivity index (χ3v) is 3.54. The maximum atomic E-state index is 6.40. The van der Waals surface area contributed by atoms with Crippen LogP contribution in [-0.2, 0) is 6.42 Å². The molecule has 1 aliphatic carbocycles. The fraction of sp³-hybridized carbons (Fsp3) is 0.214. The summed E-state index contributed by atoms with van der Waals surface area (Å²) in [4.78, 5) is 4.28. The van der Waals surface area contributed by atoms with Crippen molar-refractivity contribution in [1.29, 1.82) is 0 Å². The van der Waals surface area contributed by atoms with E-state index in [-0.39, 0.29) is 11.4 Å². The Hall–Kier alpha value is -1.54. The lowest BCUT2D eigenvalue weighted by Gasteiger charge is -2.17. The van der Waals surface area contributed by atoms with Gasteiger partial charge in [0.15, 0.2) is 0 Å². The summed E-state index contributed by atoms with van der Waals surface area (Å²) in [5, 5.41) is 3.50. The van der Waals surface area contributed by atoms with Gasteiger partial charge in [-0.1, -0.05) is 30.3 Å². The molecule has 1 aromatic heterocycles. The molecule has 0 saturated carbocycles. The number of aromatic nitrogens is 1. The van der Waals surface area contributed by atoms with Crippen molar-refractivity contribution in [2.24, 2.45) is 0 Å². The van der Waals surface area contributed by atoms with Crippen LogP contribution in [0.5, 0.6) is 0 Å². The molecule has 0 saturated heterocycles. The second-order valence-electron chi connectivity index (χ2n) is 4.26. The Morgan fingerprint density at radius 3 is 2.76 bits per heavy atom. The van der Waals surface area contributed by atoms with Crippen molar-refractivity contribution in [3.63, 3.8) is 0 Å². The molecule has 0 spiro atoms. The second kappa shape index (κ2) is 4.38. The number of alkyl halides is 1. The number of hydrogen-bond donors (Lipinski definition) is 1. The molecule has 2 aromatic rings. The van der Waals surface area contributed by atoms with Crippen LogP contribution in [0.3, 0.4) is 0 Å². The fourth-order valence-corrected chi connectivity index (χ4v) is 2.69. The summed E-state index contributed by atoms with van der Waals surface area (Å²) in [6.45, 7) is 0. The van der Waals surface area contributed by atoms with Gasteiger partial charge >= 0.3 is 0 Å². The van der Waals surface area contributed by atoms with E-state index >= 15 is 0 Å². The lowest BCUT2D eigenvalue weighted by Crippen LogP contribution is -2.17. The molecule has 1 aromatic carbocycles. The quantitative estimate of drug-likeness (QED) is 0.819. The van der Waals surface area contributed by atoms with Gasteiger partial charge in [-0.25, -0.2) is 4.98 Å². The van der Waals surface area contributed by atoms with Gasteiger partial charge in [0.25, 0.3) is 0 Å². The summed E-state index contributed by atoms with van der Waals surface area (Å²) in [6, 6.07) is 14.4. The molecule has 1 aliphatic rings. The number of hydrogen-bond acceptors (Lipinski definition) is 2. The first-order valence-corrected chi connectivity index (χ1v) is 6.17. The van der Waals surface area contributed by atoms with Crippen LogP contribution < -0.4 is 5.32 Å². The SMILES string of the molecule is ClC1Cc2ccccc2C1Nc1ccccn1. The van der Waals surface area contributed by atoms with Gasteiger partial charge in [0.2, 0.25) is 0 Å². The minimum Gasteiger partial charge on any atom is -0.362 e. The van der Waals surface area contributed by atoms with Gasteiger partial charge in [0.1, 0.15) is 5.82 Å². The summed E-state index contributed by atoms with van der Waals surface area (Å²) >= 11 is 6.40. The molecule has 2 atom stereocenters. The van der Waals surface area contributed by atoms with E-state index in [1.54, 1.807) is 6.20 Å². The number of nitrogens with zero attached hydrogens (tertiary/aromatic N) is 1. The van der Waals surface area contributed by atoms with Gasteiger partial charge in [0, 0.05) is 6.20 Å². The highest BCUT2D eigenvalue weighted by atomic mass is 35.5. The third kappa shape index (κ3) is 2.01. The number of nitrogens with one attached hydrogen (secondary N) is 1. The minimum absolute atomic E-state index is 0.0920. The first-order chi connectivity index (χ1) is 8.34. The van der Waals surface area contributed by atoms with Crippen LogP contribution in [-0.4, -0.2) is 10.4 Å². The van der Waals surface area contributed by atoms with Gasteiger partial charge in [-0.3, -0.25) is 0 Å². The zero-order valence-electron chi connectivity index (χ0n) is 9.31. The first kappa shape index (κ1) is 10.6. The van der Waals surface area contributed by atoms with Gasteiger partial charge in [-0.05, 0) is 29.7 Å². The molecule has 3 heteroatoms. The lowest BCUT2D eigenvalue weighted by molar-refractivity contribution is 0.767. The second-order valence-corrected chi connectivity index (χ2v) is 4.82. The molecule has 86 valence electrons. The van der Waals surface area contributed by atoms with Gasteiger partial charge in [-0.2, -0.15) is 0 Å². The zero-order chi connectivity index (χ0) is 11.7. The van der Waals surface area contributed by atoms with E-state index in [9.17, 15) is 0 Å². The van der Waals surface area contributed by atoms with Crippen molar-refractivity contribution in [2.45, 2.75) is 17.8 Å². The van der Waals surface area contributed by atoms with Crippen molar-refractivity contribution >= 4 is 17.4 Å². The Bertz CT molecular complexity index is 513. The summed E-state index contributed by atoms with van der Waals surface area (Å²) in [7, 11) is 0. The van der Waals surface area contributed by atoms with Crippen molar-refractivity contribution in [3.8, 4) is 0 Å². The van der Waals surface area contributed by atoms with E-state index in [0.717, 1.165) is 12.2 Å². The lowest BCUT2D eigenvalue weighted by atomic mass is 10.1. The highest BCUT2D eigenvalue weighted by Gasteiger charge is 2.30. The predicted octanol–water partition coefficient (Wildman–Crippen LogP) is 3.40. The average Bonchev–Trinajstić information content (AvgIpc) is 2.68. The smallest absolute Gasteiger partial charge is 0.126 e. The molecule has 3 rings (SSSR count). The van der Waals surface area contributed by atoms with Gasteiger partial charge in [-0.15, -0.1) is 11.6 Å². The van der Waals surface area contributed by atoms with Crippen molar-refractivity contribution < 1.29 is 0 Å².